The van der Waals surface area contributed by atoms with Gasteiger partial charge in [0.1, 0.15) is 11.2 Å². The van der Waals surface area contributed by atoms with E-state index in [9.17, 15) is 4.79 Å². The smallest absolute Gasteiger partial charge is 0.322 e. The summed E-state index contributed by atoms with van der Waals surface area (Å²) in [5.74, 6) is -0.854. The Hall–Kier alpha value is -0.950. The van der Waals surface area contributed by atoms with E-state index in [0.717, 1.165) is 6.54 Å². The van der Waals surface area contributed by atoms with Crippen LogP contribution in [0.15, 0.2) is 6.20 Å². The van der Waals surface area contributed by atoms with Crippen LogP contribution in [0.5, 0.6) is 0 Å². The van der Waals surface area contributed by atoms with Gasteiger partial charge in [0.05, 0.1) is 0 Å². The molecule has 0 bridgehead atoms. The largest absolute Gasteiger partial charge is 0.480 e. The Balaban J connectivity index is 2.13. The van der Waals surface area contributed by atoms with E-state index in [1.165, 1.54) is 6.20 Å². The Kier molecular flexibility index (Phi) is 4.34. The number of hydrogen-bond acceptors (Lipinski definition) is 5. The SMILES string of the molecule is O=C(O)C1CNCCN1Cc1cnc(Cl)nc1Cl. The van der Waals surface area contributed by atoms with Gasteiger partial charge in [-0.25, -0.2) is 9.97 Å². The summed E-state index contributed by atoms with van der Waals surface area (Å²) in [7, 11) is 0. The van der Waals surface area contributed by atoms with Crippen LogP contribution < -0.4 is 5.32 Å². The molecule has 1 aromatic rings. The molecule has 1 aliphatic rings. The number of halogens is 2. The van der Waals surface area contributed by atoms with Crippen molar-refractivity contribution in [3.63, 3.8) is 0 Å². The van der Waals surface area contributed by atoms with E-state index in [1.54, 1.807) is 0 Å². The van der Waals surface area contributed by atoms with Crippen molar-refractivity contribution in [2.24, 2.45) is 0 Å². The quantitative estimate of drug-likeness (QED) is 0.628. The third-order valence-corrected chi connectivity index (χ3v) is 3.30. The van der Waals surface area contributed by atoms with Gasteiger partial charge >= 0.3 is 5.97 Å². The molecule has 0 aliphatic carbocycles. The number of carboxylic acids is 1. The zero-order valence-corrected chi connectivity index (χ0v) is 10.9. The number of rotatable bonds is 3. The van der Waals surface area contributed by atoms with Gasteiger partial charge in [-0.2, -0.15) is 0 Å². The van der Waals surface area contributed by atoms with Crippen molar-refractivity contribution >= 4 is 29.2 Å². The van der Waals surface area contributed by atoms with Crippen molar-refractivity contribution in [2.45, 2.75) is 12.6 Å². The second-order valence-electron chi connectivity index (χ2n) is 3.98. The Bertz CT molecular complexity index is 458. The van der Waals surface area contributed by atoms with Crippen LogP contribution in [0.1, 0.15) is 5.56 Å². The van der Waals surface area contributed by atoms with Gasteiger partial charge in [0, 0.05) is 37.9 Å². The molecule has 0 radical (unpaired) electrons. The van der Waals surface area contributed by atoms with E-state index in [0.29, 0.717) is 25.2 Å². The molecule has 8 heteroatoms. The highest BCUT2D eigenvalue weighted by atomic mass is 35.5. The second kappa shape index (κ2) is 5.79. The summed E-state index contributed by atoms with van der Waals surface area (Å²) in [6.45, 7) is 2.20. The second-order valence-corrected chi connectivity index (χ2v) is 4.68. The van der Waals surface area contributed by atoms with Crippen LogP contribution in [0.2, 0.25) is 10.4 Å². The molecule has 98 valence electrons. The fraction of sp³-hybridized carbons (Fsp3) is 0.500. The third kappa shape index (κ3) is 3.08. The molecular weight excluding hydrogens is 279 g/mol. The van der Waals surface area contributed by atoms with E-state index in [4.69, 9.17) is 28.3 Å². The minimum Gasteiger partial charge on any atom is -0.480 e. The first-order valence-electron chi connectivity index (χ1n) is 5.42. The van der Waals surface area contributed by atoms with Crippen molar-refractivity contribution in [1.82, 2.24) is 20.2 Å². The number of carbonyl (C=O) groups is 1. The minimum absolute atomic E-state index is 0.0823. The summed E-state index contributed by atoms with van der Waals surface area (Å²) in [5.41, 5.74) is 0.675. The first kappa shape index (κ1) is 13.5. The highest BCUT2D eigenvalue weighted by Gasteiger charge is 2.28. The van der Waals surface area contributed by atoms with Crippen molar-refractivity contribution in [3.8, 4) is 0 Å². The van der Waals surface area contributed by atoms with Crippen molar-refractivity contribution in [1.29, 1.82) is 0 Å². The molecule has 1 atom stereocenters. The number of hydrogen-bond donors (Lipinski definition) is 2. The molecule has 2 rings (SSSR count). The summed E-state index contributed by atoms with van der Waals surface area (Å²) in [6.07, 6.45) is 1.53. The number of aromatic nitrogens is 2. The maximum Gasteiger partial charge on any atom is 0.322 e. The topological polar surface area (TPSA) is 78.4 Å². The molecule has 1 aromatic heterocycles. The van der Waals surface area contributed by atoms with Crippen molar-refractivity contribution in [3.05, 3.63) is 22.2 Å². The highest BCUT2D eigenvalue weighted by Crippen LogP contribution is 2.18. The van der Waals surface area contributed by atoms with Gasteiger partial charge in [-0.15, -0.1) is 0 Å². The van der Waals surface area contributed by atoms with Gasteiger partial charge in [0.2, 0.25) is 5.28 Å². The average molecular weight is 291 g/mol. The average Bonchev–Trinajstić information content (AvgIpc) is 2.33. The van der Waals surface area contributed by atoms with E-state index in [-0.39, 0.29) is 10.4 Å². The predicted molar refractivity (Wildman–Crippen MR) is 66.8 cm³/mol. The Morgan fingerprint density at radius 2 is 2.39 bits per heavy atom. The lowest BCUT2D eigenvalue weighted by Crippen LogP contribution is -2.54. The van der Waals surface area contributed by atoms with Crippen LogP contribution in [-0.2, 0) is 11.3 Å². The Morgan fingerprint density at radius 1 is 1.61 bits per heavy atom. The lowest BCUT2D eigenvalue weighted by Gasteiger charge is -2.33. The number of nitrogens with one attached hydrogen (secondary N) is 1. The van der Waals surface area contributed by atoms with Crippen LogP contribution in [0.3, 0.4) is 0 Å². The Labute approximate surface area is 114 Å². The monoisotopic (exact) mass is 290 g/mol. The van der Waals surface area contributed by atoms with Crippen LogP contribution >= 0.6 is 23.2 Å². The molecule has 1 fully saturated rings. The van der Waals surface area contributed by atoms with Crippen LogP contribution in [0.4, 0.5) is 0 Å². The van der Waals surface area contributed by atoms with E-state index in [2.05, 4.69) is 15.3 Å². The van der Waals surface area contributed by atoms with E-state index < -0.39 is 12.0 Å². The van der Waals surface area contributed by atoms with E-state index in [1.807, 2.05) is 4.90 Å². The van der Waals surface area contributed by atoms with Crippen LogP contribution in [0.25, 0.3) is 0 Å². The fourth-order valence-corrected chi connectivity index (χ4v) is 2.24. The van der Waals surface area contributed by atoms with Crippen LogP contribution in [-0.4, -0.2) is 51.6 Å². The van der Waals surface area contributed by atoms with Gasteiger partial charge in [-0.05, 0) is 11.6 Å². The van der Waals surface area contributed by atoms with Gasteiger partial charge in [-0.3, -0.25) is 9.69 Å². The van der Waals surface area contributed by atoms with Gasteiger partial charge in [0.25, 0.3) is 0 Å². The lowest BCUT2D eigenvalue weighted by atomic mass is 10.1. The molecule has 0 amide bonds. The van der Waals surface area contributed by atoms with Crippen molar-refractivity contribution in [2.75, 3.05) is 19.6 Å². The molecule has 18 heavy (non-hydrogen) atoms. The normalized spacial score (nSPS) is 20.9. The third-order valence-electron chi connectivity index (χ3n) is 2.80. The number of piperazine rings is 1. The molecule has 0 aromatic carbocycles. The maximum absolute atomic E-state index is 11.1. The molecule has 2 heterocycles. The summed E-state index contributed by atoms with van der Waals surface area (Å²) < 4.78 is 0. The van der Waals surface area contributed by atoms with Crippen molar-refractivity contribution < 1.29 is 9.90 Å². The molecule has 1 unspecified atom stereocenters. The molecule has 6 nitrogen and oxygen atoms in total. The molecule has 1 aliphatic heterocycles. The first-order chi connectivity index (χ1) is 8.58. The molecule has 2 N–H and O–H groups in total. The first-order valence-corrected chi connectivity index (χ1v) is 6.18. The summed E-state index contributed by atoms with van der Waals surface area (Å²) in [6, 6.07) is -0.564. The minimum atomic E-state index is -0.854. The number of carboxylic acid groups (broad SMARTS) is 1. The Morgan fingerprint density at radius 3 is 3.06 bits per heavy atom. The summed E-state index contributed by atoms with van der Waals surface area (Å²) in [5, 5.41) is 12.5. The zero-order valence-electron chi connectivity index (χ0n) is 9.44. The number of nitrogens with zero attached hydrogens (tertiary/aromatic N) is 3. The molecule has 1 saturated heterocycles. The lowest BCUT2D eigenvalue weighted by molar-refractivity contribution is -0.144. The molecule has 0 spiro atoms. The molecule has 0 saturated carbocycles. The summed E-state index contributed by atoms with van der Waals surface area (Å²) in [4.78, 5) is 20.7. The van der Waals surface area contributed by atoms with Gasteiger partial charge in [-0.1, -0.05) is 11.6 Å². The predicted octanol–water partition coefficient (Wildman–Crippen LogP) is 0.642. The summed E-state index contributed by atoms with van der Waals surface area (Å²) >= 11 is 11.6. The highest BCUT2D eigenvalue weighted by molar-refractivity contribution is 6.32. The van der Waals surface area contributed by atoms with Gasteiger partial charge < -0.3 is 10.4 Å². The number of aliphatic carboxylic acids is 1. The zero-order chi connectivity index (χ0) is 13.1. The van der Waals surface area contributed by atoms with E-state index >= 15 is 0 Å². The van der Waals surface area contributed by atoms with Gasteiger partial charge in [0.15, 0.2) is 0 Å². The molecular formula is C10H12Cl2N4O2. The van der Waals surface area contributed by atoms with Crippen LogP contribution in [0, 0.1) is 0 Å². The maximum atomic E-state index is 11.1. The fourth-order valence-electron chi connectivity index (χ4n) is 1.87. The standard InChI is InChI=1S/C10H12Cl2N4O2/c11-8-6(3-14-10(12)15-8)5-16-2-1-13-4-7(16)9(17)18/h3,7,13H,1-2,4-5H2,(H,17,18).